The number of guanidine groups is 1. The minimum absolute atomic E-state index is 0. The van der Waals surface area contributed by atoms with E-state index in [0.717, 1.165) is 47.4 Å². The van der Waals surface area contributed by atoms with Crippen molar-refractivity contribution in [3.63, 3.8) is 0 Å². The average molecular weight is 512 g/mol. The van der Waals surface area contributed by atoms with Gasteiger partial charge in [0.25, 0.3) is 0 Å². The number of hydrogen-bond acceptors (Lipinski definition) is 2. The first kappa shape index (κ1) is 23.2. The van der Waals surface area contributed by atoms with E-state index < -0.39 is 0 Å². The van der Waals surface area contributed by atoms with Crippen LogP contribution >= 0.6 is 24.0 Å². The Labute approximate surface area is 188 Å². The zero-order chi connectivity index (χ0) is 20.1. The highest BCUT2D eigenvalue weighted by molar-refractivity contribution is 14.0. The molecule has 1 aromatic carbocycles. The molecule has 3 rings (SSSR count). The number of benzene rings is 1. The van der Waals surface area contributed by atoms with Gasteiger partial charge in [-0.05, 0) is 43.0 Å². The molecule has 0 aliphatic rings. The van der Waals surface area contributed by atoms with Gasteiger partial charge in [0.2, 0.25) is 0 Å². The Bertz CT molecular complexity index is 975. The van der Waals surface area contributed by atoms with Gasteiger partial charge in [-0.2, -0.15) is 5.10 Å². The summed E-state index contributed by atoms with van der Waals surface area (Å²) in [5, 5.41) is 12.3. The highest BCUT2D eigenvalue weighted by Gasteiger charge is 2.14. The first-order valence-electron chi connectivity index (χ1n) is 9.81. The predicted octanol–water partition coefficient (Wildman–Crippen LogP) is 3.69. The average Bonchev–Trinajstić information content (AvgIpc) is 3.24. The summed E-state index contributed by atoms with van der Waals surface area (Å²) in [5.41, 5.74) is 5.67. The Morgan fingerprint density at radius 3 is 2.72 bits per heavy atom. The smallest absolute Gasteiger partial charge is 0.191 e. The van der Waals surface area contributed by atoms with E-state index in [1.165, 1.54) is 17.3 Å². The molecule has 2 aromatic heterocycles. The van der Waals surface area contributed by atoms with Crippen LogP contribution in [-0.2, 0) is 32.9 Å². The fraction of sp³-hybridized carbons (Fsp3) is 0.429. The number of fused-ring (bicyclic) bond motifs is 1. The molecule has 8 heteroatoms. The fourth-order valence-electron chi connectivity index (χ4n) is 3.66. The lowest BCUT2D eigenvalue weighted by Gasteiger charge is -2.13. The molecule has 0 radical (unpaired) electrons. The number of aryl methyl sites for hydroxylation is 2. The summed E-state index contributed by atoms with van der Waals surface area (Å²) in [6, 6.07) is 4.82. The summed E-state index contributed by atoms with van der Waals surface area (Å²) in [6.07, 6.45) is 4.58. The van der Waals surface area contributed by atoms with Gasteiger partial charge < -0.3 is 15.6 Å². The van der Waals surface area contributed by atoms with E-state index >= 15 is 0 Å². The summed E-state index contributed by atoms with van der Waals surface area (Å²) in [5.74, 6) is 0.535. The number of aliphatic imine (C=N–C) groups is 1. The molecule has 3 N–H and O–H groups in total. The number of hydrogen-bond donors (Lipinski definition) is 3. The second-order valence-electron chi connectivity index (χ2n) is 6.81. The number of halogens is 2. The summed E-state index contributed by atoms with van der Waals surface area (Å²) in [6.45, 7) is 5.68. The molecule has 0 amide bonds. The number of nitrogens with one attached hydrogen (secondary N) is 3. The lowest BCUT2D eigenvalue weighted by atomic mass is 10.1. The fourth-order valence-corrected chi connectivity index (χ4v) is 3.66. The molecule has 6 nitrogen and oxygen atoms in total. The molecule has 0 bridgehead atoms. The largest absolute Gasteiger partial charge is 0.361 e. The van der Waals surface area contributed by atoms with Crippen LogP contribution in [0.3, 0.4) is 0 Å². The van der Waals surface area contributed by atoms with Gasteiger partial charge in [-0.3, -0.25) is 9.67 Å². The maximum Gasteiger partial charge on any atom is 0.191 e. The van der Waals surface area contributed by atoms with Crippen LogP contribution < -0.4 is 10.6 Å². The van der Waals surface area contributed by atoms with Crippen molar-refractivity contribution in [2.45, 2.75) is 39.7 Å². The summed E-state index contributed by atoms with van der Waals surface area (Å²) >= 11 is 0. The van der Waals surface area contributed by atoms with E-state index in [4.69, 9.17) is 0 Å². The molecule has 3 aromatic rings. The van der Waals surface area contributed by atoms with E-state index in [1.807, 2.05) is 17.9 Å². The van der Waals surface area contributed by atoms with Crippen LogP contribution in [0.2, 0.25) is 0 Å². The third kappa shape index (κ3) is 5.29. The predicted molar refractivity (Wildman–Crippen MR) is 128 cm³/mol. The molecule has 0 unspecified atom stereocenters. The van der Waals surface area contributed by atoms with Gasteiger partial charge in [0.15, 0.2) is 5.96 Å². The molecular formula is C21H30FIN6. The Balaban J connectivity index is 0.00000300. The van der Waals surface area contributed by atoms with E-state index in [0.29, 0.717) is 13.1 Å². The Morgan fingerprint density at radius 1 is 1.24 bits per heavy atom. The van der Waals surface area contributed by atoms with Crippen molar-refractivity contribution < 1.29 is 4.39 Å². The maximum atomic E-state index is 13.5. The molecule has 0 saturated carbocycles. The van der Waals surface area contributed by atoms with Gasteiger partial charge in [0, 0.05) is 55.5 Å². The van der Waals surface area contributed by atoms with Crippen LogP contribution in [-0.4, -0.2) is 34.3 Å². The summed E-state index contributed by atoms with van der Waals surface area (Å²) in [4.78, 5) is 7.51. The molecule has 0 spiro atoms. The van der Waals surface area contributed by atoms with Crippen molar-refractivity contribution in [3.05, 3.63) is 52.7 Å². The van der Waals surface area contributed by atoms with Crippen molar-refractivity contribution in [3.8, 4) is 0 Å². The first-order chi connectivity index (χ1) is 13.6. The van der Waals surface area contributed by atoms with Crippen LogP contribution in [0, 0.1) is 5.82 Å². The molecular weight excluding hydrogens is 482 g/mol. The van der Waals surface area contributed by atoms with Gasteiger partial charge in [-0.1, -0.05) is 13.8 Å². The highest BCUT2D eigenvalue weighted by atomic mass is 127. The third-order valence-electron chi connectivity index (χ3n) is 5.10. The van der Waals surface area contributed by atoms with Gasteiger partial charge in [-0.15, -0.1) is 24.0 Å². The van der Waals surface area contributed by atoms with Crippen molar-refractivity contribution in [2.24, 2.45) is 12.0 Å². The number of aromatic nitrogens is 3. The molecule has 158 valence electrons. The zero-order valence-electron chi connectivity index (χ0n) is 17.5. The minimum atomic E-state index is -0.214. The van der Waals surface area contributed by atoms with E-state index in [2.05, 4.69) is 39.6 Å². The van der Waals surface area contributed by atoms with E-state index in [1.54, 1.807) is 19.2 Å². The number of H-pyrrole nitrogens is 1. The van der Waals surface area contributed by atoms with Crippen LogP contribution in [0.4, 0.5) is 4.39 Å². The van der Waals surface area contributed by atoms with Gasteiger partial charge in [0.1, 0.15) is 5.82 Å². The quantitative estimate of drug-likeness (QED) is 0.257. The lowest BCUT2D eigenvalue weighted by molar-refractivity contribution is 0.629. The second-order valence-corrected chi connectivity index (χ2v) is 6.81. The molecule has 0 atom stereocenters. The SMILES string of the molecule is CCc1nn(C)c(CC)c1CNC(=NC)NCCc1c[nH]c2ccc(F)cc12.I. The Hall–Kier alpha value is -2.10. The molecule has 0 aliphatic heterocycles. The summed E-state index contributed by atoms with van der Waals surface area (Å²) < 4.78 is 15.5. The first-order valence-corrected chi connectivity index (χ1v) is 9.81. The van der Waals surface area contributed by atoms with Gasteiger partial charge in [-0.25, -0.2) is 4.39 Å². The Morgan fingerprint density at radius 2 is 2.03 bits per heavy atom. The van der Waals surface area contributed by atoms with Gasteiger partial charge in [0.05, 0.1) is 5.69 Å². The normalized spacial score (nSPS) is 11.6. The number of aromatic amines is 1. The molecule has 29 heavy (non-hydrogen) atoms. The zero-order valence-corrected chi connectivity index (χ0v) is 19.8. The monoisotopic (exact) mass is 512 g/mol. The highest BCUT2D eigenvalue weighted by Crippen LogP contribution is 2.19. The van der Waals surface area contributed by atoms with Crippen LogP contribution in [0.5, 0.6) is 0 Å². The summed E-state index contributed by atoms with van der Waals surface area (Å²) in [7, 11) is 3.76. The van der Waals surface area contributed by atoms with Crippen LogP contribution in [0.1, 0.15) is 36.4 Å². The van der Waals surface area contributed by atoms with Crippen LogP contribution in [0.15, 0.2) is 29.4 Å². The van der Waals surface area contributed by atoms with Crippen molar-refractivity contribution in [1.82, 2.24) is 25.4 Å². The van der Waals surface area contributed by atoms with Crippen molar-refractivity contribution in [2.75, 3.05) is 13.6 Å². The number of rotatable bonds is 7. The standard InChI is InChI=1S/C21H29FN6.HI/c1-5-18-17(20(6-2)28(4)27-18)13-26-21(23-3)24-10-9-14-12-25-19-8-7-15(22)11-16(14)19;/h7-8,11-12,25H,5-6,9-10,13H2,1-4H3,(H2,23,24,26);1H. The molecule has 2 heterocycles. The van der Waals surface area contributed by atoms with E-state index in [-0.39, 0.29) is 29.8 Å². The topological polar surface area (TPSA) is 70.0 Å². The van der Waals surface area contributed by atoms with Crippen molar-refractivity contribution >= 4 is 40.8 Å². The molecule has 0 saturated heterocycles. The van der Waals surface area contributed by atoms with Gasteiger partial charge >= 0.3 is 0 Å². The number of nitrogens with zero attached hydrogens (tertiary/aromatic N) is 3. The second kappa shape index (κ2) is 10.6. The van der Waals surface area contributed by atoms with Crippen LogP contribution in [0.25, 0.3) is 10.9 Å². The molecule has 0 fully saturated rings. The van der Waals surface area contributed by atoms with E-state index in [9.17, 15) is 4.39 Å². The van der Waals surface area contributed by atoms with Crippen molar-refractivity contribution in [1.29, 1.82) is 0 Å². The third-order valence-corrected chi connectivity index (χ3v) is 5.10. The maximum absolute atomic E-state index is 13.5. The molecule has 0 aliphatic carbocycles. The minimum Gasteiger partial charge on any atom is -0.361 e. The lowest BCUT2D eigenvalue weighted by Crippen LogP contribution is -2.38. The Kier molecular flexibility index (Phi) is 8.48.